The van der Waals surface area contributed by atoms with Crippen LogP contribution >= 0.6 is 0 Å². The van der Waals surface area contributed by atoms with Gasteiger partial charge in [0.15, 0.2) is 0 Å². The van der Waals surface area contributed by atoms with Crippen molar-refractivity contribution < 1.29 is 4.79 Å². The fraction of sp³-hybridized carbons (Fsp3) is 0.292. The molecule has 0 spiro atoms. The SMILES string of the molecule is Cn1ccc2cc(C(=O)NC3CCC(c4n[nH]c(=O)c5ccccc45)CC3)ccc21. The zero-order valence-electron chi connectivity index (χ0n) is 16.9. The molecule has 6 heteroatoms. The van der Waals surface area contributed by atoms with Crippen LogP contribution in [-0.4, -0.2) is 26.7 Å². The minimum atomic E-state index is -0.148. The van der Waals surface area contributed by atoms with E-state index in [9.17, 15) is 9.59 Å². The van der Waals surface area contributed by atoms with E-state index in [-0.39, 0.29) is 17.5 Å². The number of nitrogens with zero attached hydrogens (tertiary/aromatic N) is 2. The van der Waals surface area contributed by atoms with Gasteiger partial charge in [-0.25, -0.2) is 5.10 Å². The molecule has 0 atom stereocenters. The molecular weight excluding hydrogens is 376 g/mol. The van der Waals surface area contributed by atoms with E-state index in [0.29, 0.717) is 16.9 Å². The molecule has 4 aromatic rings. The highest BCUT2D eigenvalue weighted by atomic mass is 16.1. The molecule has 0 bridgehead atoms. The summed E-state index contributed by atoms with van der Waals surface area (Å²) in [5, 5.41) is 12.9. The number of aromatic nitrogens is 3. The molecule has 152 valence electrons. The quantitative estimate of drug-likeness (QED) is 0.548. The summed E-state index contributed by atoms with van der Waals surface area (Å²) in [7, 11) is 2.00. The summed E-state index contributed by atoms with van der Waals surface area (Å²) < 4.78 is 2.05. The molecule has 2 aromatic carbocycles. The summed E-state index contributed by atoms with van der Waals surface area (Å²) in [5.74, 6) is 0.275. The Bertz CT molecular complexity index is 1300. The van der Waals surface area contributed by atoms with Crippen molar-refractivity contribution in [3.8, 4) is 0 Å². The van der Waals surface area contributed by atoms with Crippen molar-refractivity contribution in [2.24, 2.45) is 7.05 Å². The number of aryl methyl sites for hydroxylation is 1. The van der Waals surface area contributed by atoms with Gasteiger partial charge in [0, 0.05) is 47.1 Å². The van der Waals surface area contributed by atoms with Crippen molar-refractivity contribution in [2.45, 2.75) is 37.6 Å². The van der Waals surface area contributed by atoms with E-state index >= 15 is 0 Å². The van der Waals surface area contributed by atoms with Gasteiger partial charge in [-0.15, -0.1) is 0 Å². The molecule has 1 aliphatic carbocycles. The Morgan fingerprint density at radius 1 is 1.07 bits per heavy atom. The standard InChI is InChI=1S/C24H24N4O2/c1-28-13-12-16-14-17(8-11-21(16)28)23(29)25-18-9-6-15(7-10-18)22-19-4-2-3-5-20(19)24(30)27-26-22/h2-5,8,11-15,18H,6-7,9-10H2,1H3,(H,25,29)(H,27,30). The van der Waals surface area contributed by atoms with E-state index in [1.54, 1.807) is 0 Å². The van der Waals surface area contributed by atoms with Gasteiger partial charge in [0.2, 0.25) is 0 Å². The average molecular weight is 400 g/mol. The van der Waals surface area contributed by atoms with Gasteiger partial charge in [-0.1, -0.05) is 18.2 Å². The van der Waals surface area contributed by atoms with E-state index in [2.05, 4.69) is 15.5 Å². The molecule has 2 aromatic heterocycles. The molecule has 5 rings (SSSR count). The molecule has 2 N–H and O–H groups in total. The van der Waals surface area contributed by atoms with Gasteiger partial charge < -0.3 is 9.88 Å². The third kappa shape index (κ3) is 3.28. The summed E-state index contributed by atoms with van der Waals surface area (Å²) in [6, 6.07) is 15.7. The molecule has 1 saturated carbocycles. The minimum Gasteiger partial charge on any atom is -0.351 e. The lowest BCUT2D eigenvalue weighted by Gasteiger charge is -2.29. The van der Waals surface area contributed by atoms with Crippen LogP contribution in [0.3, 0.4) is 0 Å². The van der Waals surface area contributed by atoms with E-state index < -0.39 is 0 Å². The van der Waals surface area contributed by atoms with E-state index in [0.717, 1.165) is 47.7 Å². The van der Waals surface area contributed by atoms with Gasteiger partial charge in [0.05, 0.1) is 11.1 Å². The lowest BCUT2D eigenvalue weighted by molar-refractivity contribution is 0.0926. The van der Waals surface area contributed by atoms with E-state index in [4.69, 9.17) is 0 Å². The zero-order chi connectivity index (χ0) is 20.7. The minimum absolute atomic E-state index is 0.0168. The molecule has 0 radical (unpaired) electrons. The normalized spacial score (nSPS) is 19.2. The maximum Gasteiger partial charge on any atom is 0.272 e. The maximum atomic E-state index is 12.8. The lowest BCUT2D eigenvalue weighted by Crippen LogP contribution is -2.37. The van der Waals surface area contributed by atoms with Crippen LogP contribution in [0.15, 0.2) is 59.5 Å². The van der Waals surface area contributed by atoms with Crippen LogP contribution in [-0.2, 0) is 7.05 Å². The Hall–Kier alpha value is -3.41. The van der Waals surface area contributed by atoms with Crippen LogP contribution in [0, 0.1) is 0 Å². The zero-order valence-corrected chi connectivity index (χ0v) is 16.9. The number of hydrogen-bond acceptors (Lipinski definition) is 3. The molecule has 0 unspecified atom stereocenters. The average Bonchev–Trinajstić information content (AvgIpc) is 3.15. The molecule has 0 saturated heterocycles. The fourth-order valence-corrected chi connectivity index (χ4v) is 4.65. The first-order valence-corrected chi connectivity index (χ1v) is 10.4. The highest BCUT2D eigenvalue weighted by Crippen LogP contribution is 2.34. The summed E-state index contributed by atoms with van der Waals surface area (Å²) in [5.41, 5.74) is 2.63. The summed E-state index contributed by atoms with van der Waals surface area (Å²) in [6.07, 6.45) is 5.68. The third-order valence-electron chi connectivity index (χ3n) is 6.32. The van der Waals surface area contributed by atoms with Crippen molar-refractivity contribution in [3.05, 3.63) is 76.3 Å². The highest BCUT2D eigenvalue weighted by molar-refractivity contribution is 5.98. The topological polar surface area (TPSA) is 79.8 Å². The van der Waals surface area contributed by atoms with E-state index in [1.165, 1.54) is 0 Å². The van der Waals surface area contributed by atoms with Crippen molar-refractivity contribution in [1.29, 1.82) is 0 Å². The first-order valence-electron chi connectivity index (χ1n) is 10.4. The second-order valence-electron chi connectivity index (χ2n) is 8.21. The molecular formula is C24H24N4O2. The Kier molecular flexibility index (Phi) is 4.62. The number of H-pyrrole nitrogens is 1. The number of benzene rings is 2. The number of nitrogens with one attached hydrogen (secondary N) is 2. The molecule has 0 aliphatic heterocycles. The summed E-state index contributed by atoms with van der Waals surface area (Å²) >= 11 is 0. The fourth-order valence-electron chi connectivity index (χ4n) is 4.65. The van der Waals surface area contributed by atoms with Gasteiger partial charge in [-0.3, -0.25) is 9.59 Å². The van der Waals surface area contributed by atoms with Gasteiger partial charge in [0.1, 0.15) is 0 Å². The molecule has 1 fully saturated rings. The number of rotatable bonds is 3. The monoisotopic (exact) mass is 400 g/mol. The first kappa shape index (κ1) is 18.6. The maximum absolute atomic E-state index is 12.8. The number of carbonyl (C=O) groups is 1. The van der Waals surface area contributed by atoms with Crippen LogP contribution in [0.4, 0.5) is 0 Å². The second kappa shape index (κ2) is 7.44. The van der Waals surface area contributed by atoms with Crippen LogP contribution in [0.2, 0.25) is 0 Å². The van der Waals surface area contributed by atoms with Crippen molar-refractivity contribution >= 4 is 27.6 Å². The van der Waals surface area contributed by atoms with Gasteiger partial charge in [-0.2, -0.15) is 5.10 Å². The third-order valence-corrected chi connectivity index (χ3v) is 6.32. The lowest BCUT2D eigenvalue weighted by atomic mass is 9.82. The predicted molar refractivity (Wildman–Crippen MR) is 118 cm³/mol. The van der Waals surface area contributed by atoms with Gasteiger partial charge in [0.25, 0.3) is 11.5 Å². The smallest absolute Gasteiger partial charge is 0.272 e. The van der Waals surface area contributed by atoms with Crippen LogP contribution < -0.4 is 10.9 Å². The first-order chi connectivity index (χ1) is 14.6. The Balaban J connectivity index is 1.27. The van der Waals surface area contributed by atoms with E-state index in [1.807, 2.05) is 66.3 Å². The van der Waals surface area contributed by atoms with Gasteiger partial charge in [-0.05, 0) is 56.0 Å². The Labute approximate surface area is 173 Å². The molecule has 1 aliphatic rings. The second-order valence-corrected chi connectivity index (χ2v) is 8.21. The van der Waals surface area contributed by atoms with Crippen molar-refractivity contribution in [1.82, 2.24) is 20.1 Å². The number of hydrogen-bond donors (Lipinski definition) is 2. The number of aromatic amines is 1. The molecule has 1 amide bonds. The van der Waals surface area contributed by atoms with Crippen LogP contribution in [0.25, 0.3) is 21.7 Å². The largest absolute Gasteiger partial charge is 0.351 e. The molecule has 30 heavy (non-hydrogen) atoms. The van der Waals surface area contributed by atoms with Crippen molar-refractivity contribution in [2.75, 3.05) is 0 Å². The Morgan fingerprint density at radius 2 is 1.83 bits per heavy atom. The number of amides is 1. The van der Waals surface area contributed by atoms with Crippen molar-refractivity contribution in [3.63, 3.8) is 0 Å². The van der Waals surface area contributed by atoms with Crippen LogP contribution in [0.1, 0.15) is 47.7 Å². The van der Waals surface area contributed by atoms with Gasteiger partial charge >= 0.3 is 0 Å². The molecule has 2 heterocycles. The number of carbonyl (C=O) groups excluding carboxylic acids is 1. The summed E-state index contributed by atoms with van der Waals surface area (Å²) in [6.45, 7) is 0. The highest BCUT2D eigenvalue weighted by Gasteiger charge is 2.26. The Morgan fingerprint density at radius 3 is 2.63 bits per heavy atom. The molecule has 6 nitrogen and oxygen atoms in total. The van der Waals surface area contributed by atoms with Crippen LogP contribution in [0.5, 0.6) is 0 Å². The predicted octanol–water partition coefficient (Wildman–Crippen LogP) is 3.87. The summed E-state index contributed by atoms with van der Waals surface area (Å²) in [4.78, 5) is 24.8. The number of fused-ring (bicyclic) bond motifs is 2.